The summed E-state index contributed by atoms with van der Waals surface area (Å²) in [7, 11) is 1.62. The number of carbonyl (C=O) groups is 1. The molecule has 6 nitrogen and oxygen atoms in total. The molecule has 0 bridgehead atoms. The van der Waals surface area contributed by atoms with Crippen molar-refractivity contribution in [1.29, 1.82) is 0 Å². The molecule has 3 unspecified atom stereocenters. The summed E-state index contributed by atoms with van der Waals surface area (Å²) >= 11 is 0. The SMILES string of the molecule is COCCNC(=O)C(C)NC(C)CC1COCCN1. The minimum Gasteiger partial charge on any atom is -0.383 e. The van der Waals surface area contributed by atoms with Crippen LogP contribution >= 0.6 is 0 Å². The molecule has 0 saturated carbocycles. The van der Waals surface area contributed by atoms with Crippen LogP contribution in [0.1, 0.15) is 20.3 Å². The van der Waals surface area contributed by atoms with Crippen LogP contribution in [0.4, 0.5) is 0 Å². The van der Waals surface area contributed by atoms with Gasteiger partial charge in [0.2, 0.25) is 5.91 Å². The van der Waals surface area contributed by atoms with E-state index in [-0.39, 0.29) is 18.0 Å². The Hall–Kier alpha value is -0.690. The molecule has 19 heavy (non-hydrogen) atoms. The zero-order chi connectivity index (χ0) is 14.1. The lowest BCUT2D eigenvalue weighted by molar-refractivity contribution is -0.123. The van der Waals surface area contributed by atoms with Crippen LogP contribution in [0, 0.1) is 0 Å². The Balaban J connectivity index is 2.18. The molecule has 1 aliphatic rings. The van der Waals surface area contributed by atoms with E-state index in [1.54, 1.807) is 7.11 Å². The summed E-state index contributed by atoms with van der Waals surface area (Å²) < 4.78 is 10.3. The Kier molecular flexibility index (Phi) is 7.97. The molecule has 6 heteroatoms. The molecule has 1 aliphatic heterocycles. The average molecular weight is 273 g/mol. The van der Waals surface area contributed by atoms with E-state index in [9.17, 15) is 4.79 Å². The lowest BCUT2D eigenvalue weighted by atomic mass is 10.1. The maximum absolute atomic E-state index is 11.8. The number of amides is 1. The number of methoxy groups -OCH3 is 1. The van der Waals surface area contributed by atoms with Gasteiger partial charge in [-0.05, 0) is 20.3 Å². The van der Waals surface area contributed by atoms with E-state index in [4.69, 9.17) is 9.47 Å². The van der Waals surface area contributed by atoms with E-state index < -0.39 is 0 Å². The van der Waals surface area contributed by atoms with Crippen molar-refractivity contribution in [3.8, 4) is 0 Å². The summed E-state index contributed by atoms with van der Waals surface area (Å²) in [5.41, 5.74) is 0. The van der Waals surface area contributed by atoms with Gasteiger partial charge in [-0.15, -0.1) is 0 Å². The molecule has 112 valence electrons. The molecule has 3 atom stereocenters. The highest BCUT2D eigenvalue weighted by Gasteiger charge is 2.19. The van der Waals surface area contributed by atoms with E-state index >= 15 is 0 Å². The Morgan fingerprint density at radius 2 is 2.32 bits per heavy atom. The van der Waals surface area contributed by atoms with Gasteiger partial charge in [0.25, 0.3) is 0 Å². The molecule has 0 aromatic carbocycles. The highest BCUT2D eigenvalue weighted by molar-refractivity contribution is 5.81. The van der Waals surface area contributed by atoms with Crippen LogP contribution in [0.2, 0.25) is 0 Å². The number of hydrogen-bond donors (Lipinski definition) is 3. The van der Waals surface area contributed by atoms with Crippen molar-refractivity contribution in [1.82, 2.24) is 16.0 Å². The van der Waals surface area contributed by atoms with Crippen molar-refractivity contribution in [2.75, 3.05) is 40.0 Å². The van der Waals surface area contributed by atoms with Crippen LogP contribution < -0.4 is 16.0 Å². The first-order valence-corrected chi connectivity index (χ1v) is 6.97. The van der Waals surface area contributed by atoms with Gasteiger partial charge in [-0.25, -0.2) is 0 Å². The maximum Gasteiger partial charge on any atom is 0.236 e. The summed E-state index contributed by atoms with van der Waals surface area (Å²) in [5.74, 6) is 0.0109. The number of hydrogen-bond acceptors (Lipinski definition) is 5. The standard InChI is InChI=1S/C13H27N3O3/c1-10(8-12-9-19-7-5-14-12)16-11(2)13(17)15-4-6-18-3/h10-12,14,16H,4-9H2,1-3H3,(H,15,17). The highest BCUT2D eigenvalue weighted by atomic mass is 16.5. The van der Waals surface area contributed by atoms with Crippen molar-refractivity contribution in [2.45, 2.75) is 38.4 Å². The fourth-order valence-corrected chi connectivity index (χ4v) is 2.20. The van der Waals surface area contributed by atoms with Crippen LogP contribution in [0.3, 0.4) is 0 Å². The molecular weight excluding hydrogens is 246 g/mol. The molecule has 1 saturated heterocycles. The van der Waals surface area contributed by atoms with Gasteiger partial charge in [0.1, 0.15) is 0 Å². The number of carbonyl (C=O) groups excluding carboxylic acids is 1. The summed E-state index contributed by atoms with van der Waals surface area (Å²) in [4.78, 5) is 11.8. The predicted octanol–water partition coefficient (Wildman–Crippen LogP) is -0.506. The molecule has 1 fully saturated rings. The molecule has 0 aromatic heterocycles. The fourth-order valence-electron chi connectivity index (χ4n) is 2.20. The zero-order valence-corrected chi connectivity index (χ0v) is 12.2. The van der Waals surface area contributed by atoms with Gasteiger partial charge in [0.15, 0.2) is 0 Å². The Labute approximate surface area is 115 Å². The maximum atomic E-state index is 11.8. The third-order valence-corrected chi connectivity index (χ3v) is 3.17. The Morgan fingerprint density at radius 1 is 1.53 bits per heavy atom. The smallest absolute Gasteiger partial charge is 0.236 e. The zero-order valence-electron chi connectivity index (χ0n) is 12.2. The van der Waals surface area contributed by atoms with E-state index in [1.165, 1.54) is 0 Å². The highest BCUT2D eigenvalue weighted by Crippen LogP contribution is 2.03. The van der Waals surface area contributed by atoms with Gasteiger partial charge < -0.3 is 25.4 Å². The second kappa shape index (κ2) is 9.25. The quantitative estimate of drug-likeness (QED) is 0.520. The van der Waals surface area contributed by atoms with Gasteiger partial charge in [0, 0.05) is 32.3 Å². The first-order chi connectivity index (χ1) is 9.13. The van der Waals surface area contributed by atoms with E-state index in [1.807, 2.05) is 6.92 Å². The van der Waals surface area contributed by atoms with Crippen LogP contribution in [0.5, 0.6) is 0 Å². The van der Waals surface area contributed by atoms with Crippen LogP contribution in [-0.2, 0) is 14.3 Å². The normalized spacial score (nSPS) is 22.8. The van der Waals surface area contributed by atoms with Crippen LogP contribution in [0.15, 0.2) is 0 Å². The molecule has 3 N–H and O–H groups in total. The number of morpholine rings is 1. The van der Waals surface area contributed by atoms with Gasteiger partial charge in [0.05, 0.1) is 25.9 Å². The molecular formula is C13H27N3O3. The molecule has 0 aliphatic carbocycles. The second-order valence-electron chi connectivity index (χ2n) is 5.03. The molecule has 1 rings (SSSR count). The minimum absolute atomic E-state index is 0.0109. The van der Waals surface area contributed by atoms with E-state index in [2.05, 4.69) is 22.9 Å². The Morgan fingerprint density at radius 3 is 2.95 bits per heavy atom. The molecule has 0 aromatic rings. The van der Waals surface area contributed by atoms with Crippen molar-refractivity contribution < 1.29 is 14.3 Å². The van der Waals surface area contributed by atoms with Crippen molar-refractivity contribution in [3.63, 3.8) is 0 Å². The van der Waals surface area contributed by atoms with Gasteiger partial charge in [-0.3, -0.25) is 4.79 Å². The molecule has 1 heterocycles. The first-order valence-electron chi connectivity index (χ1n) is 6.97. The van der Waals surface area contributed by atoms with Crippen molar-refractivity contribution in [2.24, 2.45) is 0 Å². The topological polar surface area (TPSA) is 71.6 Å². The minimum atomic E-state index is -0.198. The monoisotopic (exact) mass is 273 g/mol. The summed E-state index contributed by atoms with van der Waals surface area (Å²) in [6.45, 7) is 7.51. The molecule has 0 spiro atoms. The van der Waals surface area contributed by atoms with Crippen molar-refractivity contribution in [3.05, 3.63) is 0 Å². The lowest BCUT2D eigenvalue weighted by Gasteiger charge is -2.28. The Bertz CT molecular complexity index is 258. The third-order valence-electron chi connectivity index (χ3n) is 3.17. The second-order valence-corrected chi connectivity index (χ2v) is 5.03. The average Bonchev–Trinajstić information content (AvgIpc) is 2.39. The van der Waals surface area contributed by atoms with E-state index in [0.29, 0.717) is 19.2 Å². The first kappa shape index (κ1) is 16.4. The summed E-state index contributed by atoms with van der Waals surface area (Å²) in [5, 5.41) is 9.54. The summed E-state index contributed by atoms with van der Waals surface area (Å²) in [6, 6.07) is 0.443. The number of rotatable bonds is 8. The lowest BCUT2D eigenvalue weighted by Crippen LogP contribution is -2.50. The fraction of sp³-hybridized carbons (Fsp3) is 0.923. The predicted molar refractivity (Wildman–Crippen MR) is 74.2 cm³/mol. The molecule has 1 amide bonds. The largest absolute Gasteiger partial charge is 0.383 e. The van der Waals surface area contributed by atoms with Gasteiger partial charge in [-0.2, -0.15) is 0 Å². The van der Waals surface area contributed by atoms with Gasteiger partial charge >= 0.3 is 0 Å². The van der Waals surface area contributed by atoms with Crippen LogP contribution in [0.25, 0.3) is 0 Å². The van der Waals surface area contributed by atoms with Crippen molar-refractivity contribution >= 4 is 5.91 Å². The number of nitrogens with one attached hydrogen (secondary N) is 3. The summed E-state index contributed by atoms with van der Waals surface area (Å²) in [6.07, 6.45) is 0.954. The van der Waals surface area contributed by atoms with Crippen LogP contribution in [-0.4, -0.2) is 64.1 Å². The van der Waals surface area contributed by atoms with Gasteiger partial charge in [-0.1, -0.05) is 0 Å². The van der Waals surface area contributed by atoms with E-state index in [0.717, 1.165) is 26.2 Å². The number of ether oxygens (including phenoxy) is 2. The molecule has 0 radical (unpaired) electrons. The third kappa shape index (κ3) is 6.87.